The number of rotatable bonds is 7. The summed E-state index contributed by atoms with van der Waals surface area (Å²) in [5, 5.41) is 2.95. The van der Waals surface area contributed by atoms with Crippen molar-refractivity contribution in [3.05, 3.63) is 53.6 Å². The Morgan fingerprint density at radius 1 is 1.10 bits per heavy atom. The monoisotopic (exact) mass is 448 g/mol. The van der Waals surface area contributed by atoms with Gasteiger partial charge >= 0.3 is 0 Å². The summed E-state index contributed by atoms with van der Waals surface area (Å²) in [4.78, 5) is 14.0. The van der Waals surface area contributed by atoms with E-state index in [0.29, 0.717) is 18.7 Å². The van der Waals surface area contributed by atoms with E-state index in [1.54, 1.807) is 23.9 Å². The fourth-order valence-corrected chi connectivity index (χ4v) is 5.63. The molecule has 0 spiro atoms. The van der Waals surface area contributed by atoms with Crippen molar-refractivity contribution in [3.8, 4) is 5.75 Å². The molecule has 1 heterocycles. The highest BCUT2D eigenvalue weighted by Crippen LogP contribution is 2.30. The lowest BCUT2D eigenvalue weighted by molar-refractivity contribution is 0.0939. The van der Waals surface area contributed by atoms with Gasteiger partial charge in [-0.3, -0.25) is 4.79 Å². The Labute approximate surface area is 183 Å². The number of sulfonamides is 1. The Kier molecular flexibility index (Phi) is 7.44. The van der Waals surface area contributed by atoms with E-state index in [1.807, 2.05) is 37.4 Å². The minimum absolute atomic E-state index is 0.0385. The third-order valence-corrected chi connectivity index (χ3v) is 7.99. The summed E-state index contributed by atoms with van der Waals surface area (Å²) in [6.07, 6.45) is 4.73. The van der Waals surface area contributed by atoms with E-state index in [0.717, 1.165) is 29.7 Å². The van der Waals surface area contributed by atoms with Crippen LogP contribution < -0.4 is 10.1 Å². The molecule has 0 aromatic heterocycles. The highest BCUT2D eigenvalue weighted by molar-refractivity contribution is 7.98. The van der Waals surface area contributed by atoms with E-state index in [9.17, 15) is 13.2 Å². The first-order chi connectivity index (χ1) is 14.4. The number of hydrogen-bond donors (Lipinski definition) is 1. The van der Waals surface area contributed by atoms with Gasteiger partial charge in [0, 0.05) is 23.5 Å². The van der Waals surface area contributed by atoms with Gasteiger partial charge in [-0.05, 0) is 61.9 Å². The predicted molar refractivity (Wildman–Crippen MR) is 120 cm³/mol. The molecule has 0 radical (unpaired) electrons. The molecule has 0 unspecified atom stereocenters. The van der Waals surface area contributed by atoms with Crippen LogP contribution in [-0.4, -0.2) is 45.1 Å². The van der Waals surface area contributed by atoms with E-state index in [2.05, 4.69) is 5.32 Å². The number of carbonyl (C=O) groups is 1. The molecule has 0 bridgehead atoms. The first-order valence-electron chi connectivity index (χ1n) is 10.00. The lowest BCUT2D eigenvalue weighted by Gasteiger charge is -2.26. The van der Waals surface area contributed by atoms with E-state index in [4.69, 9.17) is 4.74 Å². The molecule has 0 aliphatic carbocycles. The maximum absolute atomic E-state index is 13.2. The Bertz CT molecular complexity index is 985. The normalized spacial score (nSPS) is 16.1. The lowest BCUT2D eigenvalue weighted by atomic mass is 10.1. The molecule has 1 aliphatic heterocycles. The number of thioether (sulfide) groups is 1. The average molecular weight is 449 g/mol. The Balaban J connectivity index is 1.83. The maximum atomic E-state index is 13.2. The summed E-state index contributed by atoms with van der Waals surface area (Å²) in [5.74, 6) is -0.0768. The molecule has 1 atom stereocenters. The smallest absolute Gasteiger partial charge is 0.251 e. The van der Waals surface area contributed by atoms with Crippen LogP contribution in [0.3, 0.4) is 0 Å². The van der Waals surface area contributed by atoms with Crippen LogP contribution in [0.15, 0.2) is 52.3 Å². The molecule has 30 heavy (non-hydrogen) atoms. The van der Waals surface area contributed by atoms with Gasteiger partial charge in [0.1, 0.15) is 10.6 Å². The zero-order chi connectivity index (χ0) is 21.7. The van der Waals surface area contributed by atoms with E-state index < -0.39 is 10.0 Å². The largest absolute Gasteiger partial charge is 0.495 e. The van der Waals surface area contributed by atoms with Crippen LogP contribution in [0.1, 0.15) is 48.1 Å². The first kappa shape index (κ1) is 22.7. The highest BCUT2D eigenvalue weighted by Gasteiger charge is 2.29. The van der Waals surface area contributed by atoms with Gasteiger partial charge in [0.25, 0.3) is 5.91 Å². The third-order valence-electron chi connectivity index (χ3n) is 5.32. The van der Waals surface area contributed by atoms with Crippen molar-refractivity contribution in [2.45, 2.75) is 42.0 Å². The summed E-state index contributed by atoms with van der Waals surface area (Å²) in [5.41, 5.74) is 1.27. The zero-order valence-corrected chi connectivity index (χ0v) is 19.2. The van der Waals surface area contributed by atoms with Crippen LogP contribution in [-0.2, 0) is 10.0 Å². The number of nitrogens with zero attached hydrogens (tertiary/aromatic N) is 1. The van der Waals surface area contributed by atoms with Crippen molar-refractivity contribution in [1.29, 1.82) is 0 Å². The predicted octanol–water partition coefficient (Wildman–Crippen LogP) is 4.08. The van der Waals surface area contributed by atoms with Crippen LogP contribution in [0.5, 0.6) is 5.75 Å². The summed E-state index contributed by atoms with van der Waals surface area (Å²) < 4.78 is 33.1. The van der Waals surface area contributed by atoms with Crippen LogP contribution in [0, 0.1) is 0 Å². The summed E-state index contributed by atoms with van der Waals surface area (Å²) in [6, 6.07) is 12.3. The van der Waals surface area contributed by atoms with Crippen molar-refractivity contribution in [1.82, 2.24) is 9.62 Å². The van der Waals surface area contributed by atoms with Crippen molar-refractivity contribution in [2.24, 2.45) is 0 Å². The minimum atomic E-state index is -3.72. The SMILES string of the molecule is COc1ccc(C(=O)N[C@@H](C)c2ccc(SC)cc2)cc1S(=O)(=O)N1CCCCC1. The van der Waals surface area contributed by atoms with Gasteiger partial charge < -0.3 is 10.1 Å². The molecule has 6 nitrogen and oxygen atoms in total. The minimum Gasteiger partial charge on any atom is -0.495 e. The van der Waals surface area contributed by atoms with E-state index in [-0.39, 0.29) is 22.6 Å². The molecule has 2 aromatic rings. The number of piperidine rings is 1. The molecular formula is C22H28N2O4S2. The molecular weight excluding hydrogens is 420 g/mol. The second-order valence-electron chi connectivity index (χ2n) is 7.30. The van der Waals surface area contributed by atoms with Gasteiger partial charge in [-0.15, -0.1) is 11.8 Å². The van der Waals surface area contributed by atoms with Crippen LogP contribution >= 0.6 is 11.8 Å². The number of nitrogens with one attached hydrogen (secondary N) is 1. The number of ether oxygens (including phenoxy) is 1. The highest BCUT2D eigenvalue weighted by atomic mass is 32.2. The summed E-state index contributed by atoms with van der Waals surface area (Å²) >= 11 is 1.66. The van der Waals surface area contributed by atoms with Crippen LogP contribution in [0.4, 0.5) is 0 Å². The van der Waals surface area contributed by atoms with Crippen molar-refractivity contribution in [2.75, 3.05) is 26.5 Å². The molecule has 3 rings (SSSR count). The lowest BCUT2D eigenvalue weighted by Crippen LogP contribution is -2.36. The van der Waals surface area contributed by atoms with Crippen molar-refractivity contribution >= 4 is 27.7 Å². The van der Waals surface area contributed by atoms with Gasteiger partial charge in [-0.25, -0.2) is 8.42 Å². The zero-order valence-electron chi connectivity index (χ0n) is 17.6. The number of methoxy groups -OCH3 is 1. The van der Waals surface area contributed by atoms with Gasteiger partial charge in [0.2, 0.25) is 10.0 Å². The maximum Gasteiger partial charge on any atom is 0.251 e. The topological polar surface area (TPSA) is 75.7 Å². The number of amides is 1. The quantitative estimate of drug-likeness (QED) is 0.646. The molecule has 1 aliphatic rings. The number of hydrogen-bond acceptors (Lipinski definition) is 5. The van der Waals surface area contributed by atoms with Crippen molar-refractivity contribution in [3.63, 3.8) is 0 Å². The Morgan fingerprint density at radius 3 is 2.37 bits per heavy atom. The van der Waals surface area contributed by atoms with Gasteiger partial charge in [0.15, 0.2) is 0 Å². The molecule has 1 saturated heterocycles. The second-order valence-corrected chi connectivity index (χ2v) is 10.1. The molecule has 162 valence electrons. The second kappa shape index (κ2) is 9.85. The van der Waals surface area contributed by atoms with Gasteiger partial charge in [-0.2, -0.15) is 4.31 Å². The van der Waals surface area contributed by atoms with Gasteiger partial charge in [0.05, 0.1) is 13.2 Å². The standard InChI is InChI=1S/C22H28N2O4S2/c1-16(17-7-10-19(29-3)11-8-17)23-22(25)18-9-12-20(28-2)21(15-18)30(26,27)24-13-5-4-6-14-24/h7-12,15-16H,4-6,13-14H2,1-3H3,(H,23,25)/t16-/m0/s1. The van der Waals surface area contributed by atoms with Crippen LogP contribution in [0.25, 0.3) is 0 Å². The Morgan fingerprint density at radius 2 is 1.77 bits per heavy atom. The fourth-order valence-electron chi connectivity index (χ4n) is 3.52. The molecule has 1 fully saturated rings. The summed E-state index contributed by atoms with van der Waals surface area (Å²) in [6.45, 7) is 2.89. The van der Waals surface area contributed by atoms with Gasteiger partial charge in [-0.1, -0.05) is 18.6 Å². The first-order valence-corrected chi connectivity index (χ1v) is 12.7. The number of carbonyl (C=O) groups excluding carboxylic acids is 1. The molecule has 1 N–H and O–H groups in total. The molecule has 0 saturated carbocycles. The van der Waals surface area contributed by atoms with Crippen LogP contribution in [0.2, 0.25) is 0 Å². The number of benzene rings is 2. The van der Waals surface area contributed by atoms with Crippen molar-refractivity contribution < 1.29 is 17.9 Å². The summed E-state index contributed by atoms with van der Waals surface area (Å²) in [7, 11) is -2.29. The average Bonchev–Trinajstić information content (AvgIpc) is 2.79. The fraction of sp³-hybridized carbons (Fsp3) is 0.409. The Hall–Kier alpha value is -2.03. The van der Waals surface area contributed by atoms with E-state index >= 15 is 0 Å². The molecule has 2 aromatic carbocycles. The third kappa shape index (κ3) is 4.99. The molecule has 1 amide bonds. The van der Waals surface area contributed by atoms with E-state index in [1.165, 1.54) is 17.5 Å². The molecule has 8 heteroatoms.